The molecule has 0 aliphatic rings. The van der Waals surface area contributed by atoms with Gasteiger partial charge in [0, 0.05) is 31.2 Å². The third-order valence-corrected chi connectivity index (χ3v) is 6.26. The molecule has 0 saturated heterocycles. The van der Waals surface area contributed by atoms with Gasteiger partial charge in [-0.15, -0.1) is 0 Å². The van der Waals surface area contributed by atoms with E-state index in [0.29, 0.717) is 29.6 Å². The maximum atomic E-state index is 13.4. The van der Waals surface area contributed by atoms with Crippen molar-refractivity contribution in [2.24, 2.45) is 4.99 Å². The summed E-state index contributed by atoms with van der Waals surface area (Å²) in [6.45, 7) is 0.710. The van der Waals surface area contributed by atoms with Gasteiger partial charge in [-0.1, -0.05) is 11.8 Å². The highest BCUT2D eigenvalue weighted by atomic mass is 79.9. The second-order valence-corrected chi connectivity index (χ2v) is 8.92. The summed E-state index contributed by atoms with van der Waals surface area (Å²) in [6, 6.07) is 7.69. The van der Waals surface area contributed by atoms with E-state index in [2.05, 4.69) is 46.9 Å². The lowest BCUT2D eigenvalue weighted by atomic mass is 10.1. The Bertz CT molecular complexity index is 1420. The number of benzene rings is 1. The Morgan fingerprint density at radius 3 is 2.57 bits per heavy atom. The van der Waals surface area contributed by atoms with Gasteiger partial charge in [0.05, 0.1) is 10.2 Å². The van der Waals surface area contributed by atoms with Crippen LogP contribution in [0.25, 0.3) is 0 Å². The van der Waals surface area contributed by atoms with Crippen molar-refractivity contribution in [3.63, 3.8) is 0 Å². The molecule has 35 heavy (non-hydrogen) atoms. The minimum Gasteiger partial charge on any atom is -0.379 e. The van der Waals surface area contributed by atoms with Crippen LogP contribution < -0.4 is 27.0 Å². The number of anilines is 2. The number of halogens is 2. The number of hydrogen-bond donors (Lipinski definition) is 4. The Morgan fingerprint density at radius 1 is 1.11 bits per heavy atom. The Labute approximate surface area is 209 Å². The van der Waals surface area contributed by atoms with Crippen LogP contribution in [-0.2, 0) is 6.54 Å². The first kappa shape index (κ1) is 24.5. The molecule has 0 unspecified atom stereocenters. The lowest BCUT2D eigenvalue weighted by Crippen LogP contribution is -2.37. The maximum absolute atomic E-state index is 13.4. The fourth-order valence-electron chi connectivity index (χ4n) is 2.98. The summed E-state index contributed by atoms with van der Waals surface area (Å²) in [4.78, 5) is 32.0. The van der Waals surface area contributed by atoms with E-state index in [1.165, 1.54) is 30.0 Å². The van der Waals surface area contributed by atoms with Crippen LogP contribution in [0.4, 0.5) is 21.5 Å². The van der Waals surface area contributed by atoms with Crippen LogP contribution in [0, 0.1) is 5.82 Å². The molecule has 14 heteroatoms. The highest BCUT2D eigenvalue weighted by Crippen LogP contribution is 2.25. The van der Waals surface area contributed by atoms with Crippen molar-refractivity contribution in [3.05, 3.63) is 84.7 Å². The molecule has 2 aromatic carbocycles. The van der Waals surface area contributed by atoms with Crippen LogP contribution in [0.15, 0.2) is 71.4 Å². The first-order valence-corrected chi connectivity index (χ1v) is 11.8. The molecule has 4 rings (SSSR count). The van der Waals surface area contributed by atoms with Crippen molar-refractivity contribution in [1.29, 1.82) is 0 Å². The fourth-order valence-corrected chi connectivity index (χ4v) is 4.10. The first-order chi connectivity index (χ1) is 17.0. The fraction of sp³-hybridized carbons (Fsp3) is 0.143. The second kappa shape index (κ2) is 11.2. The molecular weight excluding hydrogens is 545 g/mol. The Kier molecular flexibility index (Phi) is 7.84. The van der Waals surface area contributed by atoms with Gasteiger partial charge in [0.25, 0.3) is 10.9 Å². The number of thioether (sulfide) groups is 1. The van der Waals surface area contributed by atoms with Crippen molar-refractivity contribution in [1.82, 2.24) is 20.8 Å². The van der Waals surface area contributed by atoms with Crippen LogP contribution in [0.3, 0.4) is 0 Å². The average molecular weight is 562 g/mol. The van der Waals surface area contributed by atoms with Crippen molar-refractivity contribution >= 4 is 50.6 Å². The van der Waals surface area contributed by atoms with Gasteiger partial charge >= 0.3 is 0 Å². The van der Waals surface area contributed by atoms with Crippen molar-refractivity contribution in [2.75, 3.05) is 22.9 Å². The Balaban J connectivity index is 1.36. The summed E-state index contributed by atoms with van der Waals surface area (Å²) in [7, 11) is 0. The monoisotopic (exact) mass is 561 g/mol. The summed E-state index contributed by atoms with van der Waals surface area (Å²) in [6.07, 6.45) is 3.28. The van der Waals surface area contributed by atoms with E-state index in [1.54, 1.807) is 24.5 Å². The molecule has 0 bridgehead atoms. The molecule has 0 saturated carbocycles. The maximum Gasteiger partial charge on any atom is 0.253 e. The van der Waals surface area contributed by atoms with E-state index in [-0.39, 0.29) is 27.4 Å². The van der Waals surface area contributed by atoms with E-state index in [1.807, 2.05) is 5.48 Å². The zero-order valence-electron chi connectivity index (χ0n) is 17.8. The lowest BCUT2D eigenvalue weighted by Gasteiger charge is -2.14. The second-order valence-electron chi connectivity index (χ2n) is 6.98. The summed E-state index contributed by atoms with van der Waals surface area (Å²) < 4.78 is 18.4. The number of pyridine rings is 1. The van der Waals surface area contributed by atoms with Gasteiger partial charge in [-0.05, 0) is 62.1 Å². The quantitative estimate of drug-likeness (QED) is 0.0563. The molecule has 2 aromatic heterocycles. The summed E-state index contributed by atoms with van der Waals surface area (Å²) in [5, 5.41) is 23.4. The standard InChI is InChI=1S/C21H17BrFN7O4S/c22-13-9-12(1-2-14(13)23)27-20(28-33)17-21(30-34-29-17)35-8-7-25-15-16(19(32)18(15)31)26-10-11-3-5-24-6-4-11/h1-6,9,25-26,33H,7-8,10H2,(H,27,28). The summed E-state index contributed by atoms with van der Waals surface area (Å²) in [5.41, 5.74) is 2.67. The number of hydroxylamine groups is 1. The van der Waals surface area contributed by atoms with Gasteiger partial charge in [0.2, 0.25) is 0 Å². The van der Waals surface area contributed by atoms with Gasteiger partial charge in [-0.3, -0.25) is 25.3 Å². The third-order valence-electron chi connectivity index (χ3n) is 4.70. The molecule has 0 amide bonds. The van der Waals surface area contributed by atoms with Gasteiger partial charge < -0.3 is 10.6 Å². The van der Waals surface area contributed by atoms with Gasteiger partial charge in [-0.25, -0.2) is 14.0 Å². The molecule has 0 radical (unpaired) electrons. The molecule has 0 spiro atoms. The van der Waals surface area contributed by atoms with E-state index in [4.69, 9.17) is 4.63 Å². The van der Waals surface area contributed by atoms with Crippen LogP contribution in [0.5, 0.6) is 0 Å². The van der Waals surface area contributed by atoms with Gasteiger partial charge in [0.15, 0.2) is 16.6 Å². The molecular formula is C21H17BrFN7O4S. The van der Waals surface area contributed by atoms with Crippen molar-refractivity contribution in [3.8, 4) is 0 Å². The number of nitrogens with one attached hydrogen (secondary N) is 3. The average Bonchev–Trinajstić information content (AvgIpc) is 3.34. The number of aromatic nitrogens is 3. The predicted molar refractivity (Wildman–Crippen MR) is 132 cm³/mol. The highest BCUT2D eigenvalue weighted by Gasteiger charge is 2.21. The van der Waals surface area contributed by atoms with Crippen LogP contribution in [0.1, 0.15) is 11.3 Å². The summed E-state index contributed by atoms with van der Waals surface area (Å²) >= 11 is 4.31. The molecule has 0 aliphatic carbocycles. The highest BCUT2D eigenvalue weighted by molar-refractivity contribution is 9.10. The van der Waals surface area contributed by atoms with E-state index < -0.39 is 16.7 Å². The normalized spacial score (nSPS) is 11.6. The molecule has 11 nitrogen and oxygen atoms in total. The third kappa shape index (κ3) is 5.72. The number of amidine groups is 1. The SMILES string of the molecule is O=c1c(NCCSc2nonc2C(=Nc2ccc(F)c(Br)c2)NO)c(NCc2ccncc2)c1=O. The van der Waals surface area contributed by atoms with Crippen LogP contribution in [-0.4, -0.2) is 38.6 Å². The first-order valence-electron chi connectivity index (χ1n) is 10.1. The zero-order chi connectivity index (χ0) is 24.8. The smallest absolute Gasteiger partial charge is 0.253 e. The Hall–Kier alpha value is -3.62. The molecule has 0 aliphatic heterocycles. The van der Waals surface area contributed by atoms with Gasteiger partial charge in [-0.2, -0.15) is 0 Å². The minimum atomic E-state index is -0.583. The minimum absolute atomic E-state index is 0.0507. The predicted octanol–water partition coefficient (Wildman–Crippen LogP) is 2.84. The number of aliphatic imine (C=N–C) groups is 1. The molecule has 180 valence electrons. The molecule has 4 aromatic rings. The zero-order valence-corrected chi connectivity index (χ0v) is 20.2. The molecule has 2 heterocycles. The topological polar surface area (TPSA) is 155 Å². The van der Waals surface area contributed by atoms with E-state index in [0.717, 1.165) is 5.56 Å². The largest absolute Gasteiger partial charge is 0.379 e. The van der Waals surface area contributed by atoms with Crippen molar-refractivity contribution in [2.45, 2.75) is 11.6 Å². The van der Waals surface area contributed by atoms with Crippen LogP contribution in [0.2, 0.25) is 0 Å². The Morgan fingerprint density at radius 2 is 1.86 bits per heavy atom. The number of rotatable bonds is 10. The lowest BCUT2D eigenvalue weighted by molar-refractivity contribution is 0.234. The number of hydrogen-bond acceptors (Lipinski definition) is 11. The van der Waals surface area contributed by atoms with Crippen molar-refractivity contribution < 1.29 is 14.2 Å². The summed E-state index contributed by atoms with van der Waals surface area (Å²) in [5.74, 6) is -0.0815. The molecule has 4 N–H and O–H groups in total. The van der Waals surface area contributed by atoms with E-state index in [9.17, 15) is 19.2 Å². The number of nitrogens with zero attached hydrogens (tertiary/aromatic N) is 4. The molecule has 0 atom stereocenters. The molecule has 0 fully saturated rings. The van der Waals surface area contributed by atoms with Gasteiger partial charge in [0.1, 0.15) is 17.2 Å². The van der Waals surface area contributed by atoms with E-state index >= 15 is 0 Å². The van der Waals surface area contributed by atoms with Crippen LogP contribution >= 0.6 is 27.7 Å².